The number of carbonyl (C=O) groups is 3. The standard InChI is InChI=1S/C15H11NO3/c17-9-11-6-12(10-18)8-14(7-11)16-15(19)13-4-2-1-3-5-13/h1-10H,(H,16,19). The molecule has 2 aromatic rings. The van der Waals surface area contributed by atoms with Gasteiger partial charge in [-0.15, -0.1) is 0 Å². The molecule has 0 unspecified atom stereocenters. The van der Waals surface area contributed by atoms with Crippen molar-refractivity contribution in [3.8, 4) is 0 Å². The highest BCUT2D eigenvalue weighted by molar-refractivity contribution is 6.05. The van der Waals surface area contributed by atoms with E-state index in [1.165, 1.54) is 18.2 Å². The molecule has 19 heavy (non-hydrogen) atoms. The van der Waals surface area contributed by atoms with Gasteiger partial charge in [-0.05, 0) is 30.3 Å². The van der Waals surface area contributed by atoms with E-state index in [1.54, 1.807) is 24.3 Å². The Kier molecular flexibility index (Phi) is 3.83. The van der Waals surface area contributed by atoms with E-state index in [0.717, 1.165) is 0 Å². The molecule has 2 rings (SSSR count). The summed E-state index contributed by atoms with van der Waals surface area (Å²) in [5.74, 6) is -0.291. The number of nitrogens with one attached hydrogen (secondary N) is 1. The number of rotatable bonds is 4. The van der Waals surface area contributed by atoms with Crippen molar-refractivity contribution in [1.82, 2.24) is 0 Å². The van der Waals surface area contributed by atoms with Gasteiger partial charge in [-0.2, -0.15) is 0 Å². The molecule has 0 aliphatic rings. The van der Waals surface area contributed by atoms with E-state index < -0.39 is 0 Å². The van der Waals surface area contributed by atoms with E-state index in [4.69, 9.17) is 0 Å². The lowest BCUT2D eigenvalue weighted by atomic mass is 10.1. The van der Waals surface area contributed by atoms with E-state index in [2.05, 4.69) is 5.32 Å². The minimum absolute atomic E-state index is 0.291. The summed E-state index contributed by atoms with van der Waals surface area (Å²) in [5, 5.41) is 2.65. The lowest BCUT2D eigenvalue weighted by Crippen LogP contribution is -2.12. The summed E-state index contributed by atoms with van der Waals surface area (Å²) in [6, 6.07) is 13.2. The molecule has 0 heterocycles. The average Bonchev–Trinajstić information content (AvgIpc) is 2.47. The first-order chi connectivity index (χ1) is 9.22. The fourth-order valence-corrected chi connectivity index (χ4v) is 1.68. The maximum Gasteiger partial charge on any atom is 0.255 e. The predicted molar refractivity (Wildman–Crippen MR) is 71.6 cm³/mol. The molecule has 0 bridgehead atoms. The van der Waals surface area contributed by atoms with Crippen LogP contribution < -0.4 is 5.32 Å². The zero-order valence-corrected chi connectivity index (χ0v) is 10.00. The van der Waals surface area contributed by atoms with Crippen molar-refractivity contribution in [2.24, 2.45) is 0 Å². The second kappa shape index (κ2) is 5.73. The largest absolute Gasteiger partial charge is 0.322 e. The highest BCUT2D eigenvalue weighted by Crippen LogP contribution is 2.14. The van der Waals surface area contributed by atoms with E-state index >= 15 is 0 Å². The minimum Gasteiger partial charge on any atom is -0.322 e. The lowest BCUT2D eigenvalue weighted by molar-refractivity contribution is 0.102. The van der Waals surface area contributed by atoms with Crippen molar-refractivity contribution in [3.05, 3.63) is 65.2 Å². The Labute approximate surface area is 110 Å². The van der Waals surface area contributed by atoms with E-state index in [-0.39, 0.29) is 5.91 Å². The average molecular weight is 253 g/mol. The molecule has 4 nitrogen and oxygen atoms in total. The highest BCUT2D eigenvalue weighted by atomic mass is 16.1. The fraction of sp³-hybridized carbons (Fsp3) is 0. The Bertz CT molecular complexity index is 594. The van der Waals surface area contributed by atoms with Crippen LogP contribution in [0.2, 0.25) is 0 Å². The van der Waals surface area contributed by atoms with Crippen LogP contribution in [0.3, 0.4) is 0 Å². The van der Waals surface area contributed by atoms with Gasteiger partial charge in [0.2, 0.25) is 0 Å². The lowest BCUT2D eigenvalue weighted by Gasteiger charge is -2.06. The van der Waals surface area contributed by atoms with Gasteiger partial charge >= 0.3 is 0 Å². The van der Waals surface area contributed by atoms with Crippen molar-refractivity contribution >= 4 is 24.2 Å². The number of hydrogen-bond acceptors (Lipinski definition) is 3. The summed E-state index contributed by atoms with van der Waals surface area (Å²) in [6.45, 7) is 0. The third-order valence-electron chi connectivity index (χ3n) is 2.54. The maximum absolute atomic E-state index is 11.9. The van der Waals surface area contributed by atoms with Gasteiger partial charge < -0.3 is 5.32 Å². The third kappa shape index (κ3) is 3.13. The summed E-state index contributed by atoms with van der Waals surface area (Å²) in [5.41, 5.74) is 1.60. The van der Waals surface area contributed by atoms with Gasteiger partial charge in [0.25, 0.3) is 5.91 Å². The van der Waals surface area contributed by atoms with Crippen LogP contribution in [0.25, 0.3) is 0 Å². The first-order valence-corrected chi connectivity index (χ1v) is 5.65. The molecule has 4 heteroatoms. The molecular formula is C15H11NO3. The van der Waals surface area contributed by atoms with Crippen LogP contribution in [0.1, 0.15) is 31.1 Å². The molecule has 0 spiro atoms. The van der Waals surface area contributed by atoms with Crippen molar-refractivity contribution < 1.29 is 14.4 Å². The molecule has 1 N–H and O–H groups in total. The van der Waals surface area contributed by atoms with Crippen molar-refractivity contribution in [3.63, 3.8) is 0 Å². The number of aldehydes is 2. The molecule has 0 aliphatic heterocycles. The van der Waals surface area contributed by atoms with Crippen LogP contribution in [-0.4, -0.2) is 18.5 Å². The summed E-state index contributed by atoms with van der Waals surface area (Å²) < 4.78 is 0. The number of carbonyl (C=O) groups excluding carboxylic acids is 3. The van der Waals surface area contributed by atoms with Gasteiger partial charge in [-0.3, -0.25) is 14.4 Å². The van der Waals surface area contributed by atoms with Crippen LogP contribution in [-0.2, 0) is 0 Å². The molecule has 2 aromatic carbocycles. The first-order valence-electron chi connectivity index (χ1n) is 5.65. The van der Waals surface area contributed by atoms with Crippen LogP contribution in [0, 0.1) is 0 Å². The second-order valence-corrected chi connectivity index (χ2v) is 3.94. The molecule has 0 saturated heterocycles. The number of benzene rings is 2. The Balaban J connectivity index is 2.26. The summed E-state index contributed by atoms with van der Waals surface area (Å²) in [4.78, 5) is 33.4. The summed E-state index contributed by atoms with van der Waals surface area (Å²) in [7, 11) is 0. The van der Waals surface area contributed by atoms with Gasteiger partial charge in [0.15, 0.2) is 0 Å². The molecule has 0 radical (unpaired) electrons. The Hall–Kier alpha value is -2.75. The normalized spacial score (nSPS) is 9.68. The Morgan fingerprint density at radius 1 is 0.895 bits per heavy atom. The number of hydrogen-bond donors (Lipinski definition) is 1. The molecule has 0 saturated carbocycles. The molecule has 1 amide bonds. The molecular weight excluding hydrogens is 242 g/mol. The second-order valence-electron chi connectivity index (χ2n) is 3.94. The highest BCUT2D eigenvalue weighted by Gasteiger charge is 2.06. The zero-order chi connectivity index (χ0) is 13.7. The first kappa shape index (κ1) is 12.7. The Morgan fingerprint density at radius 2 is 1.47 bits per heavy atom. The van der Waals surface area contributed by atoms with Crippen LogP contribution in [0.15, 0.2) is 48.5 Å². The molecule has 0 aromatic heterocycles. The van der Waals surface area contributed by atoms with Gasteiger partial charge in [0.1, 0.15) is 12.6 Å². The number of anilines is 1. The molecule has 0 aliphatic carbocycles. The number of amides is 1. The van der Waals surface area contributed by atoms with E-state index in [1.807, 2.05) is 6.07 Å². The van der Waals surface area contributed by atoms with E-state index in [9.17, 15) is 14.4 Å². The molecule has 94 valence electrons. The predicted octanol–water partition coefficient (Wildman–Crippen LogP) is 2.56. The summed E-state index contributed by atoms with van der Waals surface area (Å²) in [6.07, 6.45) is 1.26. The van der Waals surface area contributed by atoms with E-state index in [0.29, 0.717) is 35.0 Å². The van der Waals surface area contributed by atoms with Crippen molar-refractivity contribution in [1.29, 1.82) is 0 Å². The van der Waals surface area contributed by atoms with Crippen LogP contribution in [0.4, 0.5) is 5.69 Å². The van der Waals surface area contributed by atoms with Gasteiger partial charge in [-0.1, -0.05) is 18.2 Å². The minimum atomic E-state index is -0.291. The smallest absolute Gasteiger partial charge is 0.255 e. The van der Waals surface area contributed by atoms with Crippen molar-refractivity contribution in [2.75, 3.05) is 5.32 Å². The van der Waals surface area contributed by atoms with Crippen LogP contribution in [0.5, 0.6) is 0 Å². The van der Waals surface area contributed by atoms with Gasteiger partial charge in [-0.25, -0.2) is 0 Å². The zero-order valence-electron chi connectivity index (χ0n) is 10.00. The maximum atomic E-state index is 11.9. The van der Waals surface area contributed by atoms with Gasteiger partial charge in [0.05, 0.1) is 0 Å². The third-order valence-corrected chi connectivity index (χ3v) is 2.54. The topological polar surface area (TPSA) is 63.2 Å². The fourth-order valence-electron chi connectivity index (χ4n) is 1.68. The Morgan fingerprint density at radius 3 is 2.00 bits per heavy atom. The quantitative estimate of drug-likeness (QED) is 0.852. The summed E-state index contributed by atoms with van der Waals surface area (Å²) >= 11 is 0. The SMILES string of the molecule is O=Cc1cc(C=O)cc(NC(=O)c2ccccc2)c1. The molecule has 0 atom stereocenters. The van der Waals surface area contributed by atoms with Crippen LogP contribution >= 0.6 is 0 Å². The molecule has 0 fully saturated rings. The van der Waals surface area contributed by atoms with Crippen molar-refractivity contribution in [2.45, 2.75) is 0 Å². The van der Waals surface area contributed by atoms with Gasteiger partial charge in [0, 0.05) is 22.4 Å². The monoisotopic (exact) mass is 253 g/mol.